The number of rotatable bonds is 9. The highest BCUT2D eigenvalue weighted by molar-refractivity contribution is 7.97. The van der Waals surface area contributed by atoms with Crippen molar-refractivity contribution in [3.05, 3.63) is 83.9 Å². The van der Waals surface area contributed by atoms with Gasteiger partial charge in [0.1, 0.15) is 5.75 Å². The molecule has 34 heavy (non-hydrogen) atoms. The molecule has 6 nitrogen and oxygen atoms in total. The average molecular weight is 509 g/mol. The van der Waals surface area contributed by atoms with Gasteiger partial charge in [-0.2, -0.15) is 8.78 Å². The number of ether oxygens (including phenoxy) is 2. The van der Waals surface area contributed by atoms with E-state index in [2.05, 4.69) is 29.0 Å². The first-order chi connectivity index (χ1) is 16.0. The van der Waals surface area contributed by atoms with Crippen LogP contribution in [-0.2, 0) is 30.5 Å². The minimum atomic E-state index is -5.94. The summed E-state index contributed by atoms with van der Waals surface area (Å²) < 4.78 is 67.5. The Hall–Kier alpha value is -2.95. The summed E-state index contributed by atoms with van der Waals surface area (Å²) in [4.78, 5) is 15.1. The summed E-state index contributed by atoms with van der Waals surface area (Å²) in [5.74, 6) is -0.840. The van der Waals surface area contributed by atoms with E-state index in [1.54, 1.807) is 13.8 Å². The first kappa shape index (κ1) is 25.7. The number of halogens is 2. The number of benzene rings is 3. The van der Waals surface area contributed by atoms with E-state index in [-0.39, 0.29) is 0 Å². The van der Waals surface area contributed by atoms with Gasteiger partial charge in [-0.15, -0.1) is 0 Å². The largest absolute Gasteiger partial charge is 0.743 e. The molecule has 0 aliphatic heterocycles. The molecular formula is C24H22F2O6S2. The molecule has 10 heteroatoms. The lowest BCUT2D eigenvalue weighted by atomic mass is 10.1. The number of esters is 1. The second-order valence-corrected chi connectivity index (χ2v) is 10.9. The summed E-state index contributed by atoms with van der Waals surface area (Å²) in [6.45, 7) is 1.01. The molecule has 3 aromatic rings. The predicted octanol–water partition coefficient (Wildman–Crippen LogP) is 4.46. The fraction of sp³-hybridized carbons (Fsp3) is 0.208. The van der Waals surface area contributed by atoms with Gasteiger partial charge in [-0.05, 0) is 49.2 Å². The van der Waals surface area contributed by atoms with Gasteiger partial charge in [-0.1, -0.05) is 36.4 Å². The molecular weight excluding hydrogens is 486 g/mol. The van der Waals surface area contributed by atoms with E-state index in [4.69, 9.17) is 4.74 Å². The summed E-state index contributed by atoms with van der Waals surface area (Å²) in [7, 11) is -6.33. The summed E-state index contributed by atoms with van der Waals surface area (Å²) in [6.07, 6.45) is 0. The van der Waals surface area contributed by atoms with Crippen molar-refractivity contribution in [3.63, 3.8) is 0 Å². The van der Waals surface area contributed by atoms with Gasteiger partial charge in [0.15, 0.2) is 38.0 Å². The van der Waals surface area contributed by atoms with Gasteiger partial charge in [0.05, 0.1) is 10.9 Å². The van der Waals surface area contributed by atoms with Crippen molar-refractivity contribution in [2.24, 2.45) is 0 Å². The fourth-order valence-electron chi connectivity index (χ4n) is 3.19. The molecule has 0 fully saturated rings. The summed E-state index contributed by atoms with van der Waals surface area (Å²) in [6, 6.07) is 23.9. The van der Waals surface area contributed by atoms with Crippen LogP contribution in [0, 0.1) is 13.8 Å². The SMILES string of the molecule is Cc1cc([S+](c2ccccc2)c2ccccc2)cc(C)c1OCC(=O)OCC(F)(F)S(=O)(=O)[O-]. The first-order valence-electron chi connectivity index (χ1n) is 10.1. The van der Waals surface area contributed by atoms with Gasteiger partial charge in [0.2, 0.25) is 0 Å². The Kier molecular flexibility index (Phi) is 7.96. The second kappa shape index (κ2) is 10.5. The van der Waals surface area contributed by atoms with Crippen LogP contribution < -0.4 is 4.74 Å². The zero-order valence-corrected chi connectivity index (χ0v) is 20.0. The Morgan fingerprint density at radius 2 is 1.38 bits per heavy atom. The van der Waals surface area contributed by atoms with Gasteiger partial charge in [0.25, 0.3) is 0 Å². The predicted molar refractivity (Wildman–Crippen MR) is 122 cm³/mol. The van der Waals surface area contributed by atoms with Gasteiger partial charge in [0, 0.05) is 12.1 Å². The number of hydrogen-bond acceptors (Lipinski definition) is 6. The molecule has 0 atom stereocenters. The normalized spacial score (nSPS) is 11.9. The van der Waals surface area contributed by atoms with Crippen LogP contribution in [-0.4, -0.2) is 37.4 Å². The van der Waals surface area contributed by atoms with Gasteiger partial charge in [-0.25, -0.2) is 13.2 Å². The van der Waals surface area contributed by atoms with Crippen molar-refractivity contribution >= 4 is 27.0 Å². The Morgan fingerprint density at radius 3 is 1.82 bits per heavy atom. The summed E-state index contributed by atoms with van der Waals surface area (Å²) in [5, 5.41) is -4.71. The molecule has 0 N–H and O–H groups in total. The van der Waals surface area contributed by atoms with Gasteiger partial charge in [-0.3, -0.25) is 0 Å². The highest BCUT2D eigenvalue weighted by Crippen LogP contribution is 2.35. The monoisotopic (exact) mass is 508 g/mol. The van der Waals surface area contributed by atoms with E-state index in [0.717, 1.165) is 25.8 Å². The quantitative estimate of drug-likeness (QED) is 0.241. The average Bonchev–Trinajstić information content (AvgIpc) is 2.78. The molecule has 0 aromatic heterocycles. The smallest absolute Gasteiger partial charge is 0.367 e. The number of hydrogen-bond donors (Lipinski definition) is 0. The molecule has 3 aromatic carbocycles. The number of alkyl halides is 2. The molecule has 0 saturated carbocycles. The maximum absolute atomic E-state index is 13.2. The highest BCUT2D eigenvalue weighted by Gasteiger charge is 2.39. The Bertz CT molecular complexity index is 1190. The van der Waals surface area contributed by atoms with E-state index in [0.29, 0.717) is 5.75 Å². The Balaban J connectivity index is 1.79. The van der Waals surface area contributed by atoms with Crippen molar-refractivity contribution in [2.45, 2.75) is 33.8 Å². The fourth-order valence-corrected chi connectivity index (χ4v) is 5.65. The topological polar surface area (TPSA) is 92.7 Å². The first-order valence-corrected chi connectivity index (χ1v) is 12.7. The zero-order valence-electron chi connectivity index (χ0n) is 18.4. The van der Waals surface area contributed by atoms with Crippen molar-refractivity contribution < 1.29 is 36.0 Å². The van der Waals surface area contributed by atoms with Crippen LogP contribution in [0.3, 0.4) is 0 Å². The maximum atomic E-state index is 13.2. The Morgan fingerprint density at radius 1 is 0.912 bits per heavy atom. The van der Waals surface area contributed by atoms with Crippen LogP contribution >= 0.6 is 0 Å². The zero-order chi connectivity index (χ0) is 24.9. The standard InChI is InChI=1S/C24H22F2O6S2/c1-17-13-21(33(19-9-5-3-6-10-19)20-11-7-4-8-12-20)14-18(2)23(17)31-15-22(27)32-16-24(25,26)34(28,29)30/h3-14H,15-16H2,1-2H3. The lowest BCUT2D eigenvalue weighted by Gasteiger charge is -2.19. The highest BCUT2D eigenvalue weighted by atomic mass is 32.2. The summed E-state index contributed by atoms with van der Waals surface area (Å²) >= 11 is 0. The molecule has 0 bridgehead atoms. The molecule has 0 aliphatic rings. The van der Waals surface area contributed by atoms with E-state index in [1.165, 1.54) is 0 Å². The molecule has 0 unspecified atom stereocenters. The molecule has 0 saturated heterocycles. The van der Waals surface area contributed by atoms with E-state index >= 15 is 0 Å². The number of carbonyl (C=O) groups is 1. The van der Waals surface area contributed by atoms with E-state index in [1.807, 2.05) is 48.5 Å². The molecule has 0 amide bonds. The molecule has 3 rings (SSSR count). The molecule has 0 aliphatic carbocycles. The van der Waals surface area contributed by atoms with Crippen LogP contribution in [0.5, 0.6) is 5.75 Å². The molecule has 180 valence electrons. The number of carbonyl (C=O) groups excluding carboxylic acids is 1. The van der Waals surface area contributed by atoms with E-state index in [9.17, 15) is 26.5 Å². The van der Waals surface area contributed by atoms with Crippen molar-refractivity contribution in [2.75, 3.05) is 13.2 Å². The van der Waals surface area contributed by atoms with Crippen molar-refractivity contribution in [3.8, 4) is 5.75 Å². The van der Waals surface area contributed by atoms with Crippen molar-refractivity contribution in [1.29, 1.82) is 0 Å². The lowest BCUT2D eigenvalue weighted by molar-refractivity contribution is -0.152. The van der Waals surface area contributed by atoms with Crippen LogP contribution in [0.2, 0.25) is 0 Å². The van der Waals surface area contributed by atoms with E-state index < -0.39 is 45.5 Å². The molecule has 0 heterocycles. The third-order valence-electron chi connectivity index (χ3n) is 4.73. The molecule has 0 radical (unpaired) electrons. The second-order valence-electron chi connectivity index (χ2n) is 7.36. The maximum Gasteiger partial charge on any atom is 0.367 e. The minimum Gasteiger partial charge on any atom is -0.743 e. The number of aryl methyl sites for hydroxylation is 2. The Labute approximate surface area is 199 Å². The van der Waals surface area contributed by atoms with Crippen molar-refractivity contribution in [1.82, 2.24) is 0 Å². The van der Waals surface area contributed by atoms with Crippen LogP contribution in [0.25, 0.3) is 0 Å². The minimum absolute atomic E-state index is 0.383. The van der Waals surface area contributed by atoms with Gasteiger partial charge < -0.3 is 14.0 Å². The van der Waals surface area contributed by atoms with Crippen LogP contribution in [0.15, 0.2) is 87.5 Å². The van der Waals surface area contributed by atoms with Gasteiger partial charge >= 0.3 is 11.2 Å². The third kappa shape index (κ3) is 6.13. The molecule has 0 spiro atoms. The lowest BCUT2D eigenvalue weighted by Crippen LogP contribution is -2.35. The van der Waals surface area contributed by atoms with Crippen LogP contribution in [0.1, 0.15) is 11.1 Å². The summed E-state index contributed by atoms with van der Waals surface area (Å²) in [5.41, 5.74) is 1.44. The van der Waals surface area contributed by atoms with Crippen LogP contribution in [0.4, 0.5) is 8.78 Å². The third-order valence-corrected chi connectivity index (χ3v) is 7.77.